The number of ketones is 1. The third-order valence-corrected chi connectivity index (χ3v) is 7.01. The molecular weight excluding hydrogens is 500 g/mol. The fourth-order valence-electron chi connectivity index (χ4n) is 4.22. The molecule has 212 valence electrons. The average Bonchev–Trinajstić information content (AvgIpc) is 2.91. The maximum Gasteiger partial charge on any atom is 0.432 e. The normalized spacial score (nSPS) is 13.2. The molecule has 39 heavy (non-hydrogen) atoms. The summed E-state index contributed by atoms with van der Waals surface area (Å²) in [6, 6.07) is 9.17. The summed E-state index contributed by atoms with van der Waals surface area (Å²) in [4.78, 5) is 52.8. The van der Waals surface area contributed by atoms with Crippen molar-refractivity contribution in [3.8, 4) is 5.75 Å². The molecule has 0 radical (unpaired) electrons. The minimum absolute atomic E-state index is 0.209. The van der Waals surface area contributed by atoms with E-state index in [1.54, 1.807) is 6.92 Å². The fourth-order valence-corrected chi connectivity index (χ4v) is 4.22. The second-order valence-electron chi connectivity index (χ2n) is 10.5. The number of nitrogens with zero attached hydrogens (tertiary/aromatic N) is 2. The second-order valence-corrected chi connectivity index (χ2v) is 10.5. The molecule has 0 N–H and O–H groups in total. The minimum Gasteiger partial charge on any atom is -0.494 e. The number of aliphatic imine (C=N–C) groups is 1. The molecule has 2 unspecified atom stereocenters. The summed E-state index contributed by atoms with van der Waals surface area (Å²) in [5.74, 6) is -0.221. The molecule has 0 bridgehead atoms. The average molecular weight is 541 g/mol. The van der Waals surface area contributed by atoms with E-state index in [1.807, 2.05) is 45.0 Å². The van der Waals surface area contributed by atoms with Gasteiger partial charge in [-0.3, -0.25) is 4.79 Å². The molecular formula is C30H40N2O7. The van der Waals surface area contributed by atoms with Gasteiger partial charge in [-0.2, -0.15) is 4.99 Å². The van der Waals surface area contributed by atoms with Crippen LogP contribution in [0.25, 0.3) is 0 Å². The quantitative estimate of drug-likeness (QED) is 0.0996. The summed E-state index contributed by atoms with van der Waals surface area (Å²) in [5.41, 5.74) is -0.915. The number of Topliss-reactive ketones (excluding diaryl/α,β-unsaturated/α-hetero) is 1. The highest BCUT2D eigenvalue weighted by Gasteiger charge is 2.35. The van der Waals surface area contributed by atoms with Crippen LogP contribution in [0.4, 0.5) is 10.5 Å². The van der Waals surface area contributed by atoms with Gasteiger partial charge in [-0.15, -0.1) is 4.91 Å². The number of nitroso groups, excluding NO2 is 1. The number of benzene rings is 1. The highest BCUT2D eigenvalue weighted by molar-refractivity contribution is 6.01. The Hall–Kier alpha value is -3.62. The monoisotopic (exact) mass is 540 g/mol. The molecule has 1 aromatic heterocycles. The van der Waals surface area contributed by atoms with E-state index in [4.69, 9.17) is 9.15 Å². The summed E-state index contributed by atoms with van der Waals surface area (Å²) in [6.45, 7) is 10.3. The lowest BCUT2D eigenvalue weighted by Crippen LogP contribution is -2.33. The number of amides is 1. The van der Waals surface area contributed by atoms with E-state index in [9.17, 15) is 19.3 Å². The molecule has 1 heterocycles. The molecule has 1 aromatic carbocycles. The lowest BCUT2D eigenvalue weighted by atomic mass is 9.72. The smallest absolute Gasteiger partial charge is 0.432 e. The van der Waals surface area contributed by atoms with E-state index in [-0.39, 0.29) is 22.9 Å². The predicted molar refractivity (Wildman–Crippen MR) is 151 cm³/mol. The molecule has 0 fully saturated rings. The Balaban J connectivity index is 2.16. The first-order valence-corrected chi connectivity index (χ1v) is 13.4. The zero-order valence-corrected chi connectivity index (χ0v) is 23.8. The standard InChI is InChI=1S/C30H40N2O7/c1-7-8-16-38-23-14-11-13-22(17-23)19-30(4,5)21(3)27(33)26-24(32-36)18-25(39-28(26)34)20(2)12-9-10-15-31-29(35)37-6/h11,13-15,17-18,20-21H,7-10,12,16,19H2,1-6H3. The van der Waals surface area contributed by atoms with Crippen molar-refractivity contribution in [1.29, 1.82) is 0 Å². The Morgan fingerprint density at radius 2 is 1.90 bits per heavy atom. The Bertz CT molecular complexity index is 1220. The summed E-state index contributed by atoms with van der Waals surface area (Å²) in [6.07, 6.45) is 5.17. The van der Waals surface area contributed by atoms with Gasteiger partial charge in [0.05, 0.1) is 13.7 Å². The van der Waals surface area contributed by atoms with Gasteiger partial charge in [0.25, 0.3) is 0 Å². The Morgan fingerprint density at radius 1 is 1.15 bits per heavy atom. The van der Waals surface area contributed by atoms with Crippen LogP contribution in [-0.2, 0) is 11.2 Å². The second kappa shape index (κ2) is 15.1. The van der Waals surface area contributed by atoms with Gasteiger partial charge in [0, 0.05) is 24.1 Å². The predicted octanol–water partition coefficient (Wildman–Crippen LogP) is 7.42. The van der Waals surface area contributed by atoms with Crippen LogP contribution in [0.2, 0.25) is 0 Å². The summed E-state index contributed by atoms with van der Waals surface area (Å²) in [7, 11) is 1.25. The molecule has 2 atom stereocenters. The van der Waals surface area contributed by atoms with Gasteiger partial charge in [-0.25, -0.2) is 9.59 Å². The van der Waals surface area contributed by atoms with Crippen LogP contribution in [0.15, 0.2) is 49.7 Å². The summed E-state index contributed by atoms with van der Waals surface area (Å²) in [5, 5.41) is 3.01. The van der Waals surface area contributed by atoms with Crippen molar-refractivity contribution in [1.82, 2.24) is 0 Å². The highest BCUT2D eigenvalue weighted by Crippen LogP contribution is 2.36. The molecule has 0 spiro atoms. The van der Waals surface area contributed by atoms with Crippen molar-refractivity contribution in [3.05, 3.63) is 62.5 Å². The van der Waals surface area contributed by atoms with E-state index in [0.717, 1.165) is 24.2 Å². The van der Waals surface area contributed by atoms with Crippen LogP contribution in [0.3, 0.4) is 0 Å². The molecule has 0 saturated carbocycles. The van der Waals surface area contributed by atoms with Crippen LogP contribution >= 0.6 is 0 Å². The zero-order chi connectivity index (χ0) is 29.0. The van der Waals surface area contributed by atoms with Crippen LogP contribution < -0.4 is 10.4 Å². The van der Waals surface area contributed by atoms with Gasteiger partial charge >= 0.3 is 11.7 Å². The van der Waals surface area contributed by atoms with Gasteiger partial charge in [0.15, 0.2) is 5.78 Å². The van der Waals surface area contributed by atoms with Gasteiger partial charge in [-0.05, 0) is 60.4 Å². The van der Waals surface area contributed by atoms with Crippen LogP contribution in [-0.4, -0.2) is 31.8 Å². The molecule has 2 aromatic rings. The minimum atomic E-state index is -0.861. The largest absolute Gasteiger partial charge is 0.494 e. The number of carbonyl (C=O) groups is 2. The third-order valence-electron chi connectivity index (χ3n) is 7.01. The Labute approximate surface area is 230 Å². The molecule has 0 aliphatic heterocycles. The zero-order valence-electron chi connectivity index (χ0n) is 23.8. The van der Waals surface area contributed by atoms with Crippen molar-refractivity contribution in [2.45, 2.75) is 79.1 Å². The maximum absolute atomic E-state index is 13.5. The number of carbonyl (C=O) groups excluding carboxylic acids is 2. The number of hydrogen-bond donors (Lipinski definition) is 0. The van der Waals surface area contributed by atoms with E-state index >= 15 is 0 Å². The van der Waals surface area contributed by atoms with Crippen molar-refractivity contribution in [2.24, 2.45) is 21.5 Å². The van der Waals surface area contributed by atoms with Crippen molar-refractivity contribution in [2.75, 3.05) is 13.7 Å². The van der Waals surface area contributed by atoms with Crippen LogP contribution in [0.5, 0.6) is 5.75 Å². The molecule has 9 heteroatoms. The van der Waals surface area contributed by atoms with E-state index in [2.05, 4.69) is 21.8 Å². The fraction of sp³-hybridized carbons (Fsp3) is 0.533. The Morgan fingerprint density at radius 3 is 2.56 bits per heavy atom. The van der Waals surface area contributed by atoms with E-state index < -0.39 is 28.8 Å². The summed E-state index contributed by atoms with van der Waals surface area (Å²) < 4.78 is 15.7. The Kier molecular flexibility index (Phi) is 12.2. The third kappa shape index (κ3) is 9.26. The first-order chi connectivity index (χ1) is 18.5. The number of hydrogen-bond acceptors (Lipinski definition) is 8. The molecule has 0 saturated heterocycles. The molecule has 0 aliphatic carbocycles. The number of unbranched alkanes of at least 4 members (excludes halogenated alkanes) is 2. The molecule has 1 amide bonds. The SMILES string of the molecule is CCCCOc1cccc(CC(C)(C)C(C)C(=O)c2c(N=O)cc(C(C)CCCC=NC(=O)OC)oc2=O)c1. The number of methoxy groups -OCH3 is 1. The van der Waals surface area contributed by atoms with Crippen molar-refractivity contribution in [3.63, 3.8) is 0 Å². The van der Waals surface area contributed by atoms with Gasteiger partial charge in [0.2, 0.25) is 0 Å². The summed E-state index contributed by atoms with van der Waals surface area (Å²) >= 11 is 0. The lowest BCUT2D eigenvalue weighted by Gasteiger charge is -2.31. The molecule has 0 aliphatic rings. The highest BCUT2D eigenvalue weighted by atomic mass is 16.5. The van der Waals surface area contributed by atoms with Gasteiger partial charge < -0.3 is 13.9 Å². The van der Waals surface area contributed by atoms with Crippen LogP contribution in [0.1, 0.15) is 94.3 Å². The van der Waals surface area contributed by atoms with E-state index in [0.29, 0.717) is 32.3 Å². The molecule has 2 rings (SSSR count). The van der Waals surface area contributed by atoms with Crippen molar-refractivity contribution < 1.29 is 23.5 Å². The first-order valence-electron chi connectivity index (χ1n) is 13.4. The lowest BCUT2D eigenvalue weighted by molar-refractivity contribution is 0.0815. The number of ether oxygens (including phenoxy) is 2. The molecule has 9 nitrogen and oxygen atoms in total. The van der Waals surface area contributed by atoms with E-state index in [1.165, 1.54) is 19.4 Å². The van der Waals surface area contributed by atoms with Gasteiger partial charge in [0.1, 0.15) is 22.8 Å². The number of rotatable bonds is 15. The maximum atomic E-state index is 13.5. The van der Waals surface area contributed by atoms with Gasteiger partial charge in [-0.1, -0.05) is 53.2 Å². The first kappa shape index (κ1) is 31.6. The van der Waals surface area contributed by atoms with Crippen molar-refractivity contribution >= 4 is 23.8 Å². The topological polar surface area (TPSA) is 125 Å². The van der Waals surface area contributed by atoms with Crippen LogP contribution in [0, 0.1) is 16.2 Å².